The van der Waals surface area contributed by atoms with E-state index in [1.165, 1.54) is 6.07 Å². The monoisotopic (exact) mass is 347 g/mol. The van der Waals surface area contributed by atoms with Crippen LogP contribution in [0.4, 0.5) is 0 Å². The van der Waals surface area contributed by atoms with E-state index in [-0.39, 0.29) is 23.4 Å². The zero-order valence-corrected chi connectivity index (χ0v) is 15.2. The van der Waals surface area contributed by atoms with Crippen LogP contribution in [0.2, 0.25) is 0 Å². The minimum absolute atomic E-state index is 0.143. The lowest BCUT2D eigenvalue weighted by atomic mass is 10.0. The lowest BCUT2D eigenvalue weighted by molar-refractivity contribution is 0.0903. The third kappa shape index (κ3) is 4.92. The molecule has 2 fully saturated rings. The van der Waals surface area contributed by atoms with Crippen LogP contribution in [0.25, 0.3) is 0 Å². The van der Waals surface area contributed by atoms with Crippen molar-refractivity contribution < 1.29 is 9.53 Å². The molecular formula is C19H29N3O3. The summed E-state index contributed by atoms with van der Waals surface area (Å²) in [4.78, 5) is 29.5. The van der Waals surface area contributed by atoms with E-state index in [1.54, 1.807) is 6.07 Å². The lowest BCUT2D eigenvalue weighted by Crippen LogP contribution is -2.46. The standard InChI is InChI=1S/C19H29N3O3/c1-13(2)17-9-15(10-18(23)21-17)19(24)20-16-3-6-22(7-4-16)11-14-5-8-25-12-14/h9-10,13-14,16H,3-8,11-12H2,1-2H3,(H,20,24)(H,21,23). The molecule has 1 amide bonds. The van der Waals surface area contributed by atoms with Crippen molar-refractivity contribution in [3.05, 3.63) is 33.7 Å². The summed E-state index contributed by atoms with van der Waals surface area (Å²) in [5.74, 6) is 0.704. The second-order valence-corrected chi connectivity index (χ2v) is 7.62. The highest BCUT2D eigenvalue weighted by Crippen LogP contribution is 2.18. The summed E-state index contributed by atoms with van der Waals surface area (Å²) in [6, 6.07) is 3.36. The average Bonchev–Trinajstić information content (AvgIpc) is 3.09. The van der Waals surface area contributed by atoms with Gasteiger partial charge in [-0.05, 0) is 37.2 Å². The molecule has 1 aromatic heterocycles. The number of carbonyl (C=O) groups excluding carboxylic acids is 1. The van der Waals surface area contributed by atoms with Gasteiger partial charge >= 0.3 is 0 Å². The zero-order chi connectivity index (χ0) is 17.8. The maximum Gasteiger partial charge on any atom is 0.251 e. The number of ether oxygens (including phenoxy) is 1. The van der Waals surface area contributed by atoms with Gasteiger partial charge in [-0.1, -0.05) is 13.8 Å². The van der Waals surface area contributed by atoms with Crippen LogP contribution < -0.4 is 10.9 Å². The van der Waals surface area contributed by atoms with Crippen molar-refractivity contribution in [2.75, 3.05) is 32.8 Å². The number of amides is 1. The number of aromatic nitrogens is 1. The largest absolute Gasteiger partial charge is 0.381 e. The first-order chi connectivity index (χ1) is 12.0. The van der Waals surface area contributed by atoms with E-state index in [0.717, 1.165) is 57.8 Å². The zero-order valence-electron chi connectivity index (χ0n) is 15.2. The molecule has 0 saturated carbocycles. The van der Waals surface area contributed by atoms with Gasteiger partial charge in [-0.3, -0.25) is 9.59 Å². The summed E-state index contributed by atoms with van der Waals surface area (Å²) < 4.78 is 5.45. The Bertz CT molecular complexity index is 642. The Hall–Kier alpha value is -1.66. The number of piperidine rings is 1. The van der Waals surface area contributed by atoms with Crippen molar-refractivity contribution in [3.8, 4) is 0 Å². The van der Waals surface area contributed by atoms with Gasteiger partial charge in [0, 0.05) is 49.6 Å². The van der Waals surface area contributed by atoms with Gasteiger partial charge in [-0.15, -0.1) is 0 Å². The molecule has 1 unspecified atom stereocenters. The van der Waals surface area contributed by atoms with Gasteiger partial charge in [0.15, 0.2) is 0 Å². The molecule has 6 nitrogen and oxygen atoms in total. The molecule has 2 N–H and O–H groups in total. The fraction of sp³-hybridized carbons (Fsp3) is 0.684. The third-order valence-electron chi connectivity index (χ3n) is 5.21. The van der Waals surface area contributed by atoms with E-state index >= 15 is 0 Å². The molecular weight excluding hydrogens is 318 g/mol. The lowest BCUT2D eigenvalue weighted by Gasteiger charge is -2.33. The number of likely N-dealkylation sites (tertiary alicyclic amines) is 1. The van der Waals surface area contributed by atoms with Crippen LogP contribution in [0.3, 0.4) is 0 Å². The summed E-state index contributed by atoms with van der Waals surface area (Å²) >= 11 is 0. The number of hydrogen-bond donors (Lipinski definition) is 2. The van der Waals surface area contributed by atoms with E-state index in [4.69, 9.17) is 4.74 Å². The predicted octanol–water partition coefficient (Wildman–Crippen LogP) is 1.73. The number of nitrogens with one attached hydrogen (secondary N) is 2. The van der Waals surface area contributed by atoms with Gasteiger partial charge in [-0.25, -0.2) is 0 Å². The highest BCUT2D eigenvalue weighted by molar-refractivity contribution is 5.94. The molecule has 0 aromatic carbocycles. The summed E-state index contributed by atoms with van der Waals surface area (Å²) in [7, 11) is 0. The molecule has 0 spiro atoms. The highest BCUT2D eigenvalue weighted by atomic mass is 16.5. The Labute approximate surface area is 148 Å². The number of rotatable bonds is 5. The Morgan fingerprint density at radius 2 is 2.08 bits per heavy atom. The third-order valence-corrected chi connectivity index (χ3v) is 5.21. The summed E-state index contributed by atoms with van der Waals surface area (Å²) in [6.07, 6.45) is 3.08. The van der Waals surface area contributed by atoms with Gasteiger partial charge < -0.3 is 19.9 Å². The molecule has 138 valence electrons. The number of H-pyrrole nitrogens is 1. The Kier molecular flexibility index (Phi) is 5.91. The number of aromatic amines is 1. The number of carbonyl (C=O) groups is 1. The smallest absolute Gasteiger partial charge is 0.251 e. The van der Waals surface area contributed by atoms with E-state index in [1.807, 2.05) is 13.8 Å². The minimum atomic E-state index is -0.218. The van der Waals surface area contributed by atoms with Gasteiger partial charge in [0.2, 0.25) is 5.56 Å². The van der Waals surface area contributed by atoms with E-state index in [0.29, 0.717) is 11.5 Å². The fourth-order valence-corrected chi connectivity index (χ4v) is 3.63. The molecule has 0 bridgehead atoms. The van der Waals surface area contributed by atoms with Crippen molar-refractivity contribution >= 4 is 5.91 Å². The molecule has 25 heavy (non-hydrogen) atoms. The molecule has 1 aromatic rings. The van der Waals surface area contributed by atoms with Gasteiger partial charge in [0.25, 0.3) is 5.91 Å². The number of hydrogen-bond acceptors (Lipinski definition) is 4. The van der Waals surface area contributed by atoms with Crippen molar-refractivity contribution in [2.45, 2.75) is 45.1 Å². The van der Waals surface area contributed by atoms with Crippen molar-refractivity contribution in [1.82, 2.24) is 15.2 Å². The molecule has 0 aliphatic carbocycles. The van der Waals surface area contributed by atoms with Crippen LogP contribution in [0, 0.1) is 5.92 Å². The van der Waals surface area contributed by atoms with Crippen molar-refractivity contribution in [3.63, 3.8) is 0 Å². The molecule has 6 heteroatoms. The molecule has 2 saturated heterocycles. The van der Waals surface area contributed by atoms with Crippen LogP contribution in [0.5, 0.6) is 0 Å². The summed E-state index contributed by atoms with van der Waals surface area (Å²) in [5, 5.41) is 3.10. The first-order valence-corrected chi connectivity index (χ1v) is 9.36. The predicted molar refractivity (Wildman–Crippen MR) is 97.0 cm³/mol. The fourth-order valence-electron chi connectivity index (χ4n) is 3.63. The maximum atomic E-state index is 12.5. The van der Waals surface area contributed by atoms with Gasteiger partial charge in [-0.2, -0.15) is 0 Å². The molecule has 3 rings (SSSR count). The van der Waals surface area contributed by atoms with Crippen LogP contribution in [-0.2, 0) is 4.74 Å². The van der Waals surface area contributed by atoms with Gasteiger partial charge in [0.1, 0.15) is 0 Å². The Balaban J connectivity index is 1.51. The molecule has 2 aliphatic heterocycles. The molecule has 1 atom stereocenters. The average molecular weight is 347 g/mol. The molecule has 2 aliphatic rings. The topological polar surface area (TPSA) is 74.4 Å². The minimum Gasteiger partial charge on any atom is -0.381 e. The molecule has 0 radical (unpaired) electrons. The van der Waals surface area contributed by atoms with Crippen LogP contribution in [0.1, 0.15) is 55.1 Å². The molecule has 3 heterocycles. The van der Waals surface area contributed by atoms with E-state index < -0.39 is 0 Å². The normalized spacial score (nSPS) is 22.4. The van der Waals surface area contributed by atoms with E-state index in [9.17, 15) is 9.59 Å². The number of pyridine rings is 1. The van der Waals surface area contributed by atoms with Crippen molar-refractivity contribution in [1.29, 1.82) is 0 Å². The van der Waals surface area contributed by atoms with Gasteiger partial charge in [0.05, 0.1) is 6.61 Å². The summed E-state index contributed by atoms with van der Waals surface area (Å²) in [6.45, 7) is 8.90. The SMILES string of the molecule is CC(C)c1cc(C(=O)NC2CCN(CC3CCOC3)CC2)cc(=O)[nH]1. The van der Waals surface area contributed by atoms with Crippen molar-refractivity contribution in [2.24, 2.45) is 5.92 Å². The Morgan fingerprint density at radius 1 is 1.32 bits per heavy atom. The summed E-state index contributed by atoms with van der Waals surface area (Å²) in [5.41, 5.74) is 1.04. The highest BCUT2D eigenvalue weighted by Gasteiger charge is 2.25. The second-order valence-electron chi connectivity index (χ2n) is 7.62. The first kappa shape index (κ1) is 18.1. The Morgan fingerprint density at radius 3 is 2.72 bits per heavy atom. The van der Waals surface area contributed by atoms with Crippen LogP contribution in [0.15, 0.2) is 16.9 Å². The van der Waals surface area contributed by atoms with Crippen LogP contribution in [-0.4, -0.2) is 54.7 Å². The van der Waals surface area contributed by atoms with E-state index in [2.05, 4.69) is 15.2 Å². The second kappa shape index (κ2) is 8.15. The van der Waals surface area contributed by atoms with Crippen LogP contribution >= 0.6 is 0 Å². The maximum absolute atomic E-state index is 12.5. The quantitative estimate of drug-likeness (QED) is 0.851. The first-order valence-electron chi connectivity index (χ1n) is 9.36. The number of nitrogens with zero attached hydrogens (tertiary/aromatic N) is 1.